The lowest BCUT2D eigenvalue weighted by Crippen LogP contribution is -2.39. The fourth-order valence-corrected chi connectivity index (χ4v) is 4.44. The third kappa shape index (κ3) is 4.70. The molecule has 2 N–H and O–H groups in total. The molecule has 6 nitrogen and oxygen atoms in total. The van der Waals surface area contributed by atoms with Gasteiger partial charge >= 0.3 is 0 Å². The molecule has 0 aliphatic heterocycles. The van der Waals surface area contributed by atoms with Gasteiger partial charge in [-0.15, -0.1) is 0 Å². The van der Waals surface area contributed by atoms with Crippen LogP contribution in [0.25, 0.3) is 0 Å². The number of aromatic nitrogens is 2. The standard InChI is InChI=1S/C13H26N4O2S2/c1-6-12(9-20-5)17(4)21(18,19)13-11(8-15-16-13)7-14-10(2)3/h8,10,12,14H,6-7,9H2,1-5H3,(H,15,16). The Hall–Kier alpha value is -0.570. The highest BCUT2D eigenvalue weighted by Crippen LogP contribution is 2.21. The molecule has 1 atom stereocenters. The summed E-state index contributed by atoms with van der Waals surface area (Å²) in [5, 5.41) is 9.96. The van der Waals surface area contributed by atoms with Crippen LogP contribution in [0.5, 0.6) is 0 Å². The van der Waals surface area contributed by atoms with Crippen molar-refractivity contribution in [3.05, 3.63) is 11.8 Å². The van der Waals surface area contributed by atoms with Crippen molar-refractivity contribution < 1.29 is 8.42 Å². The smallest absolute Gasteiger partial charge is 0.260 e. The van der Waals surface area contributed by atoms with Crippen molar-refractivity contribution >= 4 is 21.8 Å². The molecule has 0 saturated heterocycles. The Bertz CT molecular complexity index is 528. The topological polar surface area (TPSA) is 78.1 Å². The largest absolute Gasteiger partial charge is 0.310 e. The molecule has 0 radical (unpaired) electrons. The molecule has 1 unspecified atom stereocenters. The number of aromatic amines is 1. The monoisotopic (exact) mass is 334 g/mol. The summed E-state index contributed by atoms with van der Waals surface area (Å²) in [7, 11) is -1.91. The van der Waals surface area contributed by atoms with E-state index in [1.165, 1.54) is 4.31 Å². The van der Waals surface area contributed by atoms with Gasteiger partial charge in [-0.1, -0.05) is 20.8 Å². The summed E-state index contributed by atoms with van der Waals surface area (Å²) in [6, 6.07) is 0.271. The van der Waals surface area contributed by atoms with E-state index in [1.54, 1.807) is 25.0 Å². The molecule has 1 aromatic rings. The summed E-state index contributed by atoms with van der Waals surface area (Å²) in [5.41, 5.74) is 0.676. The first-order valence-corrected chi connectivity index (χ1v) is 9.90. The summed E-state index contributed by atoms with van der Waals surface area (Å²) in [5.74, 6) is 0.778. The van der Waals surface area contributed by atoms with E-state index in [4.69, 9.17) is 0 Å². The molecular weight excluding hydrogens is 308 g/mol. The van der Waals surface area contributed by atoms with E-state index >= 15 is 0 Å². The van der Waals surface area contributed by atoms with Crippen LogP contribution in [0.4, 0.5) is 0 Å². The van der Waals surface area contributed by atoms with Crippen LogP contribution in [0.1, 0.15) is 32.8 Å². The van der Waals surface area contributed by atoms with Crippen molar-refractivity contribution in [1.29, 1.82) is 0 Å². The predicted molar refractivity (Wildman–Crippen MR) is 88.0 cm³/mol. The summed E-state index contributed by atoms with van der Waals surface area (Å²) < 4.78 is 27.0. The van der Waals surface area contributed by atoms with Crippen LogP contribution in [0.15, 0.2) is 11.2 Å². The molecule has 0 aliphatic rings. The van der Waals surface area contributed by atoms with Crippen molar-refractivity contribution in [3.8, 4) is 0 Å². The molecule has 0 amide bonds. The van der Waals surface area contributed by atoms with Gasteiger partial charge < -0.3 is 5.32 Å². The maximum Gasteiger partial charge on any atom is 0.260 e. The summed E-state index contributed by atoms with van der Waals surface area (Å²) in [4.78, 5) is 0. The zero-order valence-corrected chi connectivity index (χ0v) is 15.0. The molecule has 0 fully saturated rings. The highest BCUT2D eigenvalue weighted by molar-refractivity contribution is 7.98. The SMILES string of the molecule is CCC(CSC)N(C)S(=O)(=O)c1[nH]ncc1CNC(C)C. The van der Waals surface area contributed by atoms with Gasteiger partial charge in [0.25, 0.3) is 10.0 Å². The number of nitrogens with one attached hydrogen (secondary N) is 2. The zero-order valence-electron chi connectivity index (χ0n) is 13.4. The highest BCUT2D eigenvalue weighted by Gasteiger charge is 2.30. The van der Waals surface area contributed by atoms with E-state index in [-0.39, 0.29) is 17.1 Å². The molecule has 1 heterocycles. The average molecular weight is 335 g/mol. The fourth-order valence-electron chi connectivity index (χ4n) is 1.98. The molecule has 0 aliphatic carbocycles. The Kier molecular flexibility index (Phi) is 7.19. The minimum absolute atomic E-state index is 0.0146. The molecule has 8 heteroatoms. The molecular formula is C13H26N4O2S2. The van der Waals surface area contributed by atoms with Crippen LogP contribution in [-0.2, 0) is 16.6 Å². The Labute approximate surface area is 132 Å². The maximum atomic E-state index is 12.8. The van der Waals surface area contributed by atoms with Crippen LogP contribution >= 0.6 is 11.8 Å². The average Bonchev–Trinajstić information content (AvgIpc) is 2.90. The van der Waals surface area contributed by atoms with Crippen LogP contribution < -0.4 is 5.32 Å². The quantitative estimate of drug-likeness (QED) is 0.718. The highest BCUT2D eigenvalue weighted by atomic mass is 32.2. The zero-order chi connectivity index (χ0) is 16.0. The number of hydrogen-bond acceptors (Lipinski definition) is 5. The first-order valence-electron chi connectivity index (χ1n) is 7.07. The van der Waals surface area contributed by atoms with Crippen molar-refractivity contribution in [2.45, 2.75) is 50.8 Å². The minimum atomic E-state index is -3.55. The Morgan fingerprint density at radius 3 is 2.67 bits per heavy atom. The predicted octanol–water partition coefficient (Wildman–Crippen LogP) is 1.67. The Morgan fingerprint density at radius 2 is 2.14 bits per heavy atom. The molecule has 0 bridgehead atoms. The van der Waals surface area contributed by atoms with E-state index in [0.717, 1.165) is 12.2 Å². The number of rotatable bonds is 9. The molecule has 1 rings (SSSR count). The van der Waals surface area contributed by atoms with Gasteiger partial charge in [-0.3, -0.25) is 5.10 Å². The van der Waals surface area contributed by atoms with Gasteiger partial charge in [0, 0.05) is 37.0 Å². The van der Waals surface area contributed by atoms with Gasteiger partial charge in [0.1, 0.15) is 0 Å². The van der Waals surface area contributed by atoms with Gasteiger partial charge in [0.15, 0.2) is 5.03 Å². The van der Waals surface area contributed by atoms with Gasteiger partial charge in [0.05, 0.1) is 6.20 Å². The first kappa shape index (κ1) is 18.5. The normalized spacial score (nSPS) is 14.0. The van der Waals surface area contributed by atoms with Gasteiger partial charge in [-0.05, 0) is 12.7 Å². The lowest BCUT2D eigenvalue weighted by Gasteiger charge is -2.25. The van der Waals surface area contributed by atoms with Gasteiger partial charge in [-0.25, -0.2) is 8.42 Å². The number of H-pyrrole nitrogens is 1. The molecule has 0 saturated carbocycles. The van der Waals surface area contributed by atoms with Crippen molar-refractivity contribution in [2.24, 2.45) is 0 Å². The molecule has 0 aromatic carbocycles. The summed E-state index contributed by atoms with van der Waals surface area (Å²) >= 11 is 1.65. The molecule has 1 aromatic heterocycles. The lowest BCUT2D eigenvalue weighted by molar-refractivity contribution is 0.383. The maximum absolute atomic E-state index is 12.8. The van der Waals surface area contributed by atoms with E-state index in [2.05, 4.69) is 15.5 Å². The number of nitrogens with zero attached hydrogens (tertiary/aromatic N) is 2. The van der Waals surface area contributed by atoms with Gasteiger partial charge in [0.2, 0.25) is 0 Å². The number of hydrogen-bond donors (Lipinski definition) is 2. The van der Waals surface area contributed by atoms with Crippen molar-refractivity contribution in [3.63, 3.8) is 0 Å². The fraction of sp³-hybridized carbons (Fsp3) is 0.769. The van der Waals surface area contributed by atoms with E-state index in [1.807, 2.05) is 27.0 Å². The van der Waals surface area contributed by atoms with E-state index < -0.39 is 10.0 Å². The second kappa shape index (κ2) is 8.17. The minimum Gasteiger partial charge on any atom is -0.310 e. The first-order chi connectivity index (χ1) is 9.84. The van der Waals surface area contributed by atoms with E-state index in [0.29, 0.717) is 12.1 Å². The second-order valence-corrected chi connectivity index (χ2v) is 8.14. The molecule has 122 valence electrons. The number of sulfonamides is 1. The third-order valence-electron chi connectivity index (χ3n) is 3.36. The van der Waals surface area contributed by atoms with Crippen LogP contribution in [0.3, 0.4) is 0 Å². The van der Waals surface area contributed by atoms with E-state index in [9.17, 15) is 8.42 Å². The van der Waals surface area contributed by atoms with Crippen LogP contribution in [0, 0.1) is 0 Å². The summed E-state index contributed by atoms with van der Waals surface area (Å²) in [6.07, 6.45) is 4.34. The van der Waals surface area contributed by atoms with Crippen LogP contribution in [-0.4, -0.2) is 54.1 Å². The Morgan fingerprint density at radius 1 is 1.48 bits per heavy atom. The van der Waals surface area contributed by atoms with Crippen molar-refractivity contribution in [1.82, 2.24) is 19.8 Å². The molecule has 0 spiro atoms. The Balaban J connectivity index is 2.99. The van der Waals surface area contributed by atoms with Crippen LogP contribution in [0.2, 0.25) is 0 Å². The van der Waals surface area contributed by atoms with Gasteiger partial charge in [-0.2, -0.15) is 21.2 Å². The second-order valence-electron chi connectivity index (χ2n) is 5.30. The lowest BCUT2D eigenvalue weighted by atomic mass is 10.3. The third-order valence-corrected chi connectivity index (χ3v) is 6.00. The summed E-state index contributed by atoms with van der Waals surface area (Å²) in [6.45, 7) is 6.52. The number of thioether (sulfide) groups is 1. The molecule has 21 heavy (non-hydrogen) atoms. The van der Waals surface area contributed by atoms with Crippen molar-refractivity contribution in [2.75, 3.05) is 19.1 Å².